The van der Waals surface area contributed by atoms with Crippen LogP contribution < -0.4 is 10.5 Å². The lowest BCUT2D eigenvalue weighted by atomic mass is 10.2. The molecule has 2 N–H and O–H groups in total. The minimum Gasteiger partial charge on any atom is -0.487 e. The van der Waals surface area contributed by atoms with Gasteiger partial charge >= 0.3 is 0 Å². The van der Waals surface area contributed by atoms with E-state index in [0.29, 0.717) is 29.3 Å². The van der Waals surface area contributed by atoms with Crippen molar-refractivity contribution in [3.63, 3.8) is 0 Å². The zero-order valence-electron chi connectivity index (χ0n) is 12.5. The fraction of sp³-hybridized carbons (Fsp3) is 0.533. The predicted molar refractivity (Wildman–Crippen MR) is 98.8 cm³/mol. The van der Waals surface area contributed by atoms with Gasteiger partial charge in [-0.2, -0.15) is 0 Å². The average Bonchev–Trinajstić information content (AvgIpc) is 3.28. The van der Waals surface area contributed by atoms with Gasteiger partial charge in [0, 0.05) is 13.1 Å². The third kappa shape index (κ3) is 5.54. The first-order valence-electron chi connectivity index (χ1n) is 7.05. The second kappa shape index (κ2) is 8.68. The molecule has 4 nitrogen and oxygen atoms in total. The van der Waals surface area contributed by atoms with Crippen LogP contribution in [0.2, 0.25) is 5.02 Å². The van der Waals surface area contributed by atoms with Crippen molar-refractivity contribution < 1.29 is 4.74 Å². The maximum Gasteiger partial charge on any atom is 0.191 e. The van der Waals surface area contributed by atoms with Crippen LogP contribution in [0, 0.1) is 0 Å². The molecule has 0 bridgehead atoms. The first kappa shape index (κ1) is 18.4. The summed E-state index contributed by atoms with van der Waals surface area (Å²) in [6.07, 6.45) is 3.26. The number of aliphatic imine (C=N–C) groups is 1. The lowest BCUT2D eigenvalue weighted by molar-refractivity contribution is 0.205. The van der Waals surface area contributed by atoms with Gasteiger partial charge in [0.15, 0.2) is 5.96 Å². The summed E-state index contributed by atoms with van der Waals surface area (Å²) < 4.78 is 5.89. The van der Waals surface area contributed by atoms with Crippen molar-refractivity contribution in [2.24, 2.45) is 10.7 Å². The Morgan fingerprint density at radius 2 is 2.14 bits per heavy atom. The average molecular weight is 424 g/mol. The van der Waals surface area contributed by atoms with Crippen LogP contribution in [0.5, 0.6) is 5.75 Å². The number of nitrogens with zero attached hydrogens (tertiary/aromatic N) is 2. The van der Waals surface area contributed by atoms with Crippen molar-refractivity contribution >= 4 is 41.5 Å². The third-order valence-corrected chi connectivity index (χ3v) is 3.81. The van der Waals surface area contributed by atoms with Gasteiger partial charge in [-0.05, 0) is 31.4 Å². The summed E-state index contributed by atoms with van der Waals surface area (Å²) in [4.78, 5) is 6.48. The predicted octanol–water partition coefficient (Wildman–Crippen LogP) is 3.52. The molecule has 0 amide bonds. The van der Waals surface area contributed by atoms with E-state index in [0.717, 1.165) is 6.42 Å². The van der Waals surface area contributed by atoms with Gasteiger partial charge in [0.1, 0.15) is 11.9 Å². The topological polar surface area (TPSA) is 50.8 Å². The molecule has 1 aliphatic carbocycles. The fourth-order valence-electron chi connectivity index (χ4n) is 1.93. The maximum absolute atomic E-state index is 6.09. The monoisotopic (exact) mass is 423 g/mol. The summed E-state index contributed by atoms with van der Waals surface area (Å²) in [7, 11) is 1.99. The number of hydrogen-bond acceptors (Lipinski definition) is 2. The van der Waals surface area contributed by atoms with Crippen LogP contribution in [0.3, 0.4) is 0 Å². The molecule has 1 atom stereocenters. The number of guanidine groups is 1. The highest BCUT2D eigenvalue weighted by Crippen LogP contribution is 2.26. The van der Waals surface area contributed by atoms with Gasteiger partial charge in [-0.3, -0.25) is 0 Å². The van der Waals surface area contributed by atoms with Gasteiger partial charge in [0.2, 0.25) is 0 Å². The van der Waals surface area contributed by atoms with Gasteiger partial charge in [0.05, 0.1) is 11.6 Å². The molecule has 6 heteroatoms. The van der Waals surface area contributed by atoms with Crippen molar-refractivity contribution in [3.05, 3.63) is 29.3 Å². The molecule has 118 valence electrons. The molecular weight excluding hydrogens is 401 g/mol. The lowest BCUT2D eigenvalue weighted by Gasteiger charge is -2.20. The Labute approximate surface area is 148 Å². The molecule has 2 rings (SSSR count). The number of halogens is 2. The van der Waals surface area contributed by atoms with E-state index in [1.54, 1.807) is 0 Å². The SMILES string of the molecule is CCC(CN=C(N)N(C)C1CC1)Oc1ccccc1Cl.I. The molecule has 0 radical (unpaired) electrons. The van der Waals surface area contributed by atoms with Crippen molar-refractivity contribution in [3.8, 4) is 5.75 Å². The van der Waals surface area contributed by atoms with E-state index in [-0.39, 0.29) is 30.1 Å². The molecule has 1 aromatic carbocycles. The van der Waals surface area contributed by atoms with E-state index in [9.17, 15) is 0 Å². The van der Waals surface area contributed by atoms with Crippen molar-refractivity contribution in [2.75, 3.05) is 13.6 Å². The summed E-state index contributed by atoms with van der Waals surface area (Å²) in [6, 6.07) is 8.06. The van der Waals surface area contributed by atoms with Gasteiger partial charge < -0.3 is 15.4 Å². The summed E-state index contributed by atoms with van der Waals surface area (Å²) in [6.45, 7) is 2.61. The lowest BCUT2D eigenvalue weighted by Crippen LogP contribution is -2.36. The Morgan fingerprint density at radius 3 is 2.71 bits per heavy atom. The summed E-state index contributed by atoms with van der Waals surface area (Å²) in [5.74, 6) is 1.29. The van der Waals surface area contributed by atoms with E-state index in [4.69, 9.17) is 22.1 Å². The largest absolute Gasteiger partial charge is 0.487 e. The number of rotatable bonds is 6. The minimum atomic E-state index is -0.0129. The van der Waals surface area contributed by atoms with E-state index < -0.39 is 0 Å². The normalized spacial score (nSPS) is 16.0. The Bertz CT molecular complexity index is 480. The molecule has 0 aromatic heterocycles. The summed E-state index contributed by atoms with van der Waals surface area (Å²) in [5, 5.41) is 0.623. The summed E-state index contributed by atoms with van der Waals surface area (Å²) in [5.41, 5.74) is 5.98. The Hall–Kier alpha value is -0.690. The van der Waals surface area contributed by atoms with Crippen molar-refractivity contribution in [1.29, 1.82) is 0 Å². The van der Waals surface area contributed by atoms with E-state index in [2.05, 4.69) is 11.9 Å². The molecule has 1 saturated carbocycles. The standard InChI is InChI=1S/C15H22ClN3O.HI/c1-3-12(20-14-7-5-4-6-13(14)16)10-18-15(17)19(2)11-8-9-11;/h4-7,11-12H,3,8-10H2,1-2H3,(H2,17,18);1H. The zero-order valence-corrected chi connectivity index (χ0v) is 15.5. The quantitative estimate of drug-likeness (QED) is 0.433. The molecule has 1 fully saturated rings. The van der Waals surface area contributed by atoms with Crippen molar-refractivity contribution in [1.82, 2.24) is 4.90 Å². The van der Waals surface area contributed by atoms with E-state index in [1.807, 2.05) is 36.2 Å². The minimum absolute atomic E-state index is 0. The van der Waals surface area contributed by atoms with Crippen LogP contribution in [-0.2, 0) is 0 Å². The zero-order chi connectivity index (χ0) is 14.5. The first-order chi connectivity index (χ1) is 9.61. The van der Waals surface area contributed by atoms with Crippen LogP contribution >= 0.6 is 35.6 Å². The van der Waals surface area contributed by atoms with Gasteiger partial charge in [-0.25, -0.2) is 4.99 Å². The maximum atomic E-state index is 6.09. The molecule has 1 aliphatic rings. The Balaban J connectivity index is 0.00000220. The van der Waals surface area contributed by atoms with Crippen LogP contribution in [0.25, 0.3) is 0 Å². The number of para-hydroxylation sites is 1. The third-order valence-electron chi connectivity index (χ3n) is 3.50. The van der Waals surface area contributed by atoms with E-state index in [1.165, 1.54) is 12.8 Å². The Kier molecular flexibility index (Phi) is 7.59. The second-order valence-corrected chi connectivity index (χ2v) is 5.53. The molecular formula is C15H23ClIN3O. The van der Waals surface area contributed by atoms with Gasteiger partial charge in [-0.15, -0.1) is 24.0 Å². The molecule has 0 saturated heterocycles. The molecule has 0 spiro atoms. The van der Waals surface area contributed by atoms with Crippen LogP contribution in [0.1, 0.15) is 26.2 Å². The smallest absolute Gasteiger partial charge is 0.191 e. The number of benzene rings is 1. The van der Waals surface area contributed by atoms with Gasteiger partial charge in [-0.1, -0.05) is 30.7 Å². The van der Waals surface area contributed by atoms with E-state index >= 15 is 0 Å². The number of ether oxygens (including phenoxy) is 1. The molecule has 21 heavy (non-hydrogen) atoms. The highest BCUT2D eigenvalue weighted by molar-refractivity contribution is 14.0. The molecule has 1 unspecified atom stereocenters. The molecule has 0 heterocycles. The highest BCUT2D eigenvalue weighted by atomic mass is 127. The second-order valence-electron chi connectivity index (χ2n) is 5.12. The Morgan fingerprint density at radius 1 is 1.48 bits per heavy atom. The van der Waals surface area contributed by atoms with Crippen LogP contribution in [-0.4, -0.2) is 36.6 Å². The first-order valence-corrected chi connectivity index (χ1v) is 7.43. The number of nitrogens with two attached hydrogens (primary N) is 1. The summed E-state index contributed by atoms with van der Waals surface area (Å²) >= 11 is 6.09. The van der Waals surface area contributed by atoms with Crippen LogP contribution in [0.4, 0.5) is 0 Å². The molecule has 0 aliphatic heterocycles. The van der Waals surface area contributed by atoms with Gasteiger partial charge in [0.25, 0.3) is 0 Å². The van der Waals surface area contributed by atoms with Crippen molar-refractivity contribution in [2.45, 2.75) is 38.3 Å². The van der Waals surface area contributed by atoms with Crippen LogP contribution in [0.15, 0.2) is 29.3 Å². The molecule has 1 aromatic rings. The number of hydrogen-bond donors (Lipinski definition) is 1. The highest BCUT2D eigenvalue weighted by Gasteiger charge is 2.27. The fourth-order valence-corrected chi connectivity index (χ4v) is 2.11.